The quantitative estimate of drug-likeness (QED) is 0.670. The van der Waals surface area contributed by atoms with Crippen molar-refractivity contribution in [2.75, 3.05) is 25.5 Å². The Morgan fingerprint density at radius 1 is 1.47 bits per heavy atom. The lowest BCUT2D eigenvalue weighted by molar-refractivity contribution is -0.384. The highest BCUT2D eigenvalue weighted by molar-refractivity contribution is 7.59. The van der Waals surface area contributed by atoms with Gasteiger partial charge in [0.25, 0.3) is 5.69 Å². The van der Waals surface area contributed by atoms with E-state index >= 15 is 0 Å². The van der Waals surface area contributed by atoms with Gasteiger partial charge in [-0.1, -0.05) is 0 Å². The van der Waals surface area contributed by atoms with Crippen LogP contribution in [0, 0.1) is 10.1 Å². The lowest BCUT2D eigenvalue weighted by atomic mass is 10.2. The van der Waals surface area contributed by atoms with Crippen LogP contribution in [0.1, 0.15) is 0 Å². The Labute approximate surface area is 117 Å². The van der Waals surface area contributed by atoms with Crippen LogP contribution in [-0.4, -0.2) is 42.2 Å². The number of ether oxygens (including phenoxy) is 1. The molecule has 0 spiro atoms. The molecular weight excluding hydrogens is 270 g/mol. The minimum Gasteiger partial charge on any atom is -0.442 e. The second kappa shape index (κ2) is 6.28. The molecule has 1 aliphatic rings. The van der Waals surface area contributed by atoms with Gasteiger partial charge < -0.3 is 15.0 Å². The average molecular weight is 285 g/mol. The van der Waals surface area contributed by atoms with Crippen molar-refractivity contribution in [1.29, 1.82) is 0 Å². The molecule has 7 nitrogen and oxygen atoms in total. The number of carbonyl (C=O) groups excluding carboxylic acids is 1. The van der Waals surface area contributed by atoms with Crippen molar-refractivity contribution in [3.05, 3.63) is 34.4 Å². The summed E-state index contributed by atoms with van der Waals surface area (Å²) in [5, 5.41) is 13.5. The number of likely N-dealkylation sites (N-methyl/N-ethyl adjacent to an activating group) is 1. The van der Waals surface area contributed by atoms with Crippen LogP contribution in [0.15, 0.2) is 24.3 Å². The predicted octanol–water partition coefficient (Wildman–Crippen LogP) is 1.57. The number of rotatable bonds is 4. The number of non-ortho nitro benzene ring substituents is 1. The fourth-order valence-corrected chi connectivity index (χ4v) is 1.69. The monoisotopic (exact) mass is 285 g/mol. The number of amides is 1. The fraction of sp³-hybridized carbons (Fsp3) is 0.364. The largest absolute Gasteiger partial charge is 0.442 e. The highest BCUT2D eigenvalue weighted by Crippen LogP contribution is 2.16. The summed E-state index contributed by atoms with van der Waals surface area (Å²) in [7, 11) is 1.67. The molecule has 0 bridgehead atoms. The van der Waals surface area contributed by atoms with Gasteiger partial charge in [-0.15, -0.1) is 0 Å². The molecule has 1 amide bonds. The summed E-state index contributed by atoms with van der Waals surface area (Å²) >= 11 is 0. The number of cyclic esters (lactones) is 1. The number of anilines is 1. The third-order valence-corrected chi connectivity index (χ3v) is 2.67. The molecule has 0 saturated carbocycles. The zero-order valence-electron chi connectivity index (χ0n) is 10.3. The maximum atomic E-state index is 11.1. The molecule has 0 aliphatic carbocycles. The van der Waals surface area contributed by atoms with E-state index in [1.807, 2.05) is 0 Å². The van der Waals surface area contributed by atoms with E-state index in [0.717, 1.165) is 5.69 Å². The third kappa shape index (κ3) is 3.75. The topological polar surface area (TPSA) is 84.7 Å². The highest BCUT2D eigenvalue weighted by Gasteiger charge is 2.27. The van der Waals surface area contributed by atoms with E-state index in [1.165, 1.54) is 17.0 Å². The Balaban J connectivity index is 0.00000180. The fourth-order valence-electron chi connectivity index (χ4n) is 1.69. The summed E-state index contributed by atoms with van der Waals surface area (Å²) in [5.41, 5.74) is 0.804. The Kier molecular flexibility index (Phi) is 4.99. The van der Waals surface area contributed by atoms with Gasteiger partial charge in [-0.25, -0.2) is 4.79 Å². The summed E-state index contributed by atoms with van der Waals surface area (Å²) in [6.45, 7) is 1.02. The molecule has 104 valence electrons. The molecule has 19 heavy (non-hydrogen) atoms. The van der Waals surface area contributed by atoms with Crippen LogP contribution < -0.4 is 5.32 Å². The summed E-state index contributed by atoms with van der Waals surface area (Å²) < 4.78 is 5.07. The van der Waals surface area contributed by atoms with E-state index < -0.39 is 4.92 Å². The molecule has 8 heteroatoms. The van der Waals surface area contributed by atoms with Crippen molar-refractivity contribution in [3.63, 3.8) is 0 Å². The van der Waals surface area contributed by atoms with Gasteiger partial charge in [-0.2, -0.15) is 13.5 Å². The van der Waals surface area contributed by atoms with Gasteiger partial charge in [0.1, 0.15) is 6.10 Å². The lowest BCUT2D eigenvalue weighted by Crippen LogP contribution is -2.24. The first-order valence-electron chi connectivity index (χ1n) is 5.46. The number of benzene rings is 1. The van der Waals surface area contributed by atoms with Crippen LogP contribution in [-0.2, 0) is 4.74 Å². The van der Waals surface area contributed by atoms with Gasteiger partial charge in [0, 0.05) is 24.9 Å². The van der Waals surface area contributed by atoms with E-state index in [-0.39, 0.29) is 31.4 Å². The van der Waals surface area contributed by atoms with Crippen LogP contribution in [0.2, 0.25) is 0 Å². The second-order valence-corrected chi connectivity index (χ2v) is 4.07. The van der Waals surface area contributed by atoms with Gasteiger partial charge in [0.05, 0.1) is 18.0 Å². The van der Waals surface area contributed by atoms with Crippen molar-refractivity contribution in [2.24, 2.45) is 0 Å². The number of nitro benzene ring substituents is 1. The van der Waals surface area contributed by atoms with E-state index in [1.54, 1.807) is 19.2 Å². The van der Waals surface area contributed by atoms with Crippen molar-refractivity contribution in [3.8, 4) is 0 Å². The molecule has 1 fully saturated rings. The van der Waals surface area contributed by atoms with E-state index in [2.05, 4.69) is 5.32 Å². The maximum Gasteiger partial charge on any atom is 0.410 e. The number of hydrogen-bond donors (Lipinski definition) is 1. The summed E-state index contributed by atoms with van der Waals surface area (Å²) in [5.74, 6) is 0. The Morgan fingerprint density at radius 3 is 2.58 bits per heavy atom. The summed E-state index contributed by atoms with van der Waals surface area (Å²) in [6, 6.07) is 6.10. The molecule has 1 heterocycles. The second-order valence-electron chi connectivity index (χ2n) is 4.07. The number of hydrogen-bond acceptors (Lipinski definition) is 5. The van der Waals surface area contributed by atoms with Crippen LogP contribution in [0.4, 0.5) is 16.2 Å². The van der Waals surface area contributed by atoms with Crippen LogP contribution >= 0.6 is 13.5 Å². The lowest BCUT2D eigenvalue weighted by Gasteiger charge is -2.10. The van der Waals surface area contributed by atoms with Gasteiger partial charge in [0.15, 0.2) is 0 Å². The van der Waals surface area contributed by atoms with E-state index in [0.29, 0.717) is 13.1 Å². The number of nitrogens with zero attached hydrogens (tertiary/aromatic N) is 2. The normalized spacial score (nSPS) is 17.6. The molecule has 2 rings (SSSR count). The van der Waals surface area contributed by atoms with Crippen molar-refractivity contribution >= 4 is 31.0 Å². The molecule has 0 aromatic heterocycles. The average Bonchev–Trinajstić information content (AvgIpc) is 2.67. The molecule has 1 aromatic rings. The van der Waals surface area contributed by atoms with Crippen molar-refractivity contribution in [1.82, 2.24) is 4.90 Å². The zero-order valence-corrected chi connectivity index (χ0v) is 11.3. The first-order chi connectivity index (χ1) is 8.56. The molecule has 1 atom stereocenters. The third-order valence-electron chi connectivity index (χ3n) is 2.67. The SMILES string of the molecule is CN1C[C@H](CNc2ccc([N+](=O)[O-])cc2)OC1=O.S. The number of nitro groups is 1. The van der Waals surface area contributed by atoms with Crippen LogP contribution in [0.25, 0.3) is 0 Å². The molecular formula is C11H15N3O4S. The molecule has 0 unspecified atom stereocenters. The van der Waals surface area contributed by atoms with Crippen molar-refractivity contribution in [2.45, 2.75) is 6.10 Å². The van der Waals surface area contributed by atoms with E-state index in [9.17, 15) is 14.9 Å². The summed E-state index contributed by atoms with van der Waals surface area (Å²) in [4.78, 5) is 22.6. The molecule has 1 saturated heterocycles. The minimum atomic E-state index is -0.447. The molecule has 0 radical (unpaired) electrons. The first-order valence-corrected chi connectivity index (χ1v) is 5.46. The standard InChI is InChI=1S/C11H13N3O4.H2S/c1-13-7-10(18-11(13)15)6-12-8-2-4-9(5-3-8)14(16)17;/h2-5,10,12H,6-7H2,1H3;1H2/t10-;/m0./s1. The van der Waals surface area contributed by atoms with Gasteiger partial charge in [0.2, 0.25) is 0 Å². The molecule has 1 N–H and O–H groups in total. The Bertz CT molecular complexity index is 466. The molecule has 1 aliphatic heterocycles. The first kappa shape index (κ1) is 15.1. The predicted molar refractivity (Wildman–Crippen MR) is 74.9 cm³/mol. The maximum absolute atomic E-state index is 11.1. The smallest absolute Gasteiger partial charge is 0.410 e. The van der Waals surface area contributed by atoms with Crippen molar-refractivity contribution < 1.29 is 14.5 Å². The number of nitrogens with one attached hydrogen (secondary N) is 1. The van der Waals surface area contributed by atoms with E-state index in [4.69, 9.17) is 4.74 Å². The number of carbonyl (C=O) groups is 1. The minimum absolute atomic E-state index is 0. The summed E-state index contributed by atoms with van der Waals surface area (Å²) in [6.07, 6.45) is -0.525. The zero-order chi connectivity index (χ0) is 13.1. The van der Waals surface area contributed by atoms with Crippen LogP contribution in [0.3, 0.4) is 0 Å². The Morgan fingerprint density at radius 2 is 2.11 bits per heavy atom. The van der Waals surface area contributed by atoms with Gasteiger partial charge in [-0.05, 0) is 12.1 Å². The Hall–Kier alpha value is -1.96. The molecule has 1 aromatic carbocycles. The van der Waals surface area contributed by atoms with Crippen LogP contribution in [0.5, 0.6) is 0 Å². The van der Waals surface area contributed by atoms with Gasteiger partial charge in [-0.3, -0.25) is 10.1 Å². The highest BCUT2D eigenvalue weighted by atomic mass is 32.1. The van der Waals surface area contributed by atoms with Gasteiger partial charge >= 0.3 is 6.09 Å².